The van der Waals surface area contributed by atoms with Gasteiger partial charge in [-0.1, -0.05) is 23.4 Å². The van der Waals surface area contributed by atoms with Gasteiger partial charge in [-0.15, -0.1) is 0 Å². The van der Waals surface area contributed by atoms with Crippen molar-refractivity contribution in [3.05, 3.63) is 47.2 Å². The number of fused-ring (bicyclic) bond motifs is 1. The van der Waals surface area contributed by atoms with E-state index in [1.807, 2.05) is 13.8 Å². The van der Waals surface area contributed by atoms with Crippen LogP contribution in [0.3, 0.4) is 0 Å². The molecule has 0 N–H and O–H groups in total. The third kappa shape index (κ3) is 1.78. The van der Waals surface area contributed by atoms with Crippen molar-refractivity contribution in [1.29, 1.82) is 0 Å². The molecule has 0 bridgehead atoms. The molecule has 0 saturated carbocycles. The van der Waals surface area contributed by atoms with Gasteiger partial charge in [-0.25, -0.2) is 0 Å². The molecule has 17 heavy (non-hydrogen) atoms. The first kappa shape index (κ1) is 10.6. The van der Waals surface area contributed by atoms with Gasteiger partial charge in [-0.05, 0) is 56.2 Å². The van der Waals surface area contributed by atoms with Crippen LogP contribution in [-0.2, 0) is 6.42 Å². The summed E-state index contributed by atoms with van der Waals surface area (Å²) in [5, 5.41) is 4.02. The van der Waals surface area contributed by atoms with Crippen molar-refractivity contribution < 1.29 is 4.52 Å². The van der Waals surface area contributed by atoms with Crippen LogP contribution in [0.15, 0.2) is 22.7 Å². The first-order valence-electron chi connectivity index (χ1n) is 6.15. The zero-order valence-corrected chi connectivity index (χ0v) is 10.3. The topological polar surface area (TPSA) is 26.0 Å². The van der Waals surface area contributed by atoms with Gasteiger partial charge in [0.25, 0.3) is 0 Å². The van der Waals surface area contributed by atoms with Gasteiger partial charge in [0.15, 0.2) is 0 Å². The predicted octanol–water partition coefficient (Wildman–Crippen LogP) is 3.85. The molecule has 0 unspecified atom stereocenters. The number of nitrogens with zero attached hydrogens (tertiary/aromatic N) is 1. The molecule has 2 heteroatoms. The molecule has 0 amide bonds. The molecule has 3 rings (SSSR count). The highest BCUT2D eigenvalue weighted by atomic mass is 16.5. The molecule has 1 heterocycles. The van der Waals surface area contributed by atoms with Crippen LogP contribution >= 0.6 is 0 Å². The molecular formula is C15H16NO. The molecular weight excluding hydrogens is 210 g/mol. The summed E-state index contributed by atoms with van der Waals surface area (Å²) in [6, 6.07) is 6.69. The minimum atomic E-state index is 0.901. The highest BCUT2D eigenvalue weighted by molar-refractivity contribution is 5.69. The van der Waals surface area contributed by atoms with Crippen molar-refractivity contribution in [3.63, 3.8) is 0 Å². The Morgan fingerprint density at radius 2 is 2.12 bits per heavy atom. The van der Waals surface area contributed by atoms with E-state index in [-0.39, 0.29) is 0 Å². The molecule has 1 aromatic heterocycles. The number of rotatable bonds is 1. The Hall–Kier alpha value is -1.57. The molecule has 1 aliphatic carbocycles. The Kier molecular flexibility index (Phi) is 2.50. The average Bonchev–Trinajstić information content (AvgIpc) is 2.68. The van der Waals surface area contributed by atoms with E-state index in [1.54, 1.807) is 0 Å². The maximum atomic E-state index is 5.23. The summed E-state index contributed by atoms with van der Waals surface area (Å²) in [6.07, 6.45) is 6.00. The van der Waals surface area contributed by atoms with Gasteiger partial charge in [-0.3, -0.25) is 0 Å². The van der Waals surface area contributed by atoms with Crippen molar-refractivity contribution in [2.24, 2.45) is 0 Å². The highest BCUT2D eigenvalue weighted by Crippen LogP contribution is 2.31. The minimum absolute atomic E-state index is 0.901. The molecule has 1 radical (unpaired) electrons. The van der Waals surface area contributed by atoms with Crippen molar-refractivity contribution in [2.45, 2.75) is 33.1 Å². The SMILES string of the molecule is Cc1noc(C)c1-c1ccc2c(c1)[CH]CCC2. The van der Waals surface area contributed by atoms with E-state index < -0.39 is 0 Å². The monoisotopic (exact) mass is 226 g/mol. The van der Waals surface area contributed by atoms with Gasteiger partial charge in [0.2, 0.25) is 0 Å². The van der Waals surface area contributed by atoms with Crippen LogP contribution in [0.4, 0.5) is 0 Å². The van der Waals surface area contributed by atoms with Crippen molar-refractivity contribution >= 4 is 0 Å². The minimum Gasteiger partial charge on any atom is -0.361 e. The molecule has 2 aromatic rings. The summed E-state index contributed by atoms with van der Waals surface area (Å²) in [4.78, 5) is 0. The summed E-state index contributed by atoms with van der Waals surface area (Å²) in [5.74, 6) is 0.901. The van der Waals surface area contributed by atoms with Crippen LogP contribution in [-0.4, -0.2) is 5.16 Å². The maximum Gasteiger partial charge on any atom is 0.141 e. The van der Waals surface area contributed by atoms with Gasteiger partial charge in [0.1, 0.15) is 5.76 Å². The predicted molar refractivity (Wildman–Crippen MR) is 67.8 cm³/mol. The third-order valence-corrected chi connectivity index (χ3v) is 3.48. The lowest BCUT2D eigenvalue weighted by Gasteiger charge is -2.16. The summed E-state index contributed by atoms with van der Waals surface area (Å²) in [7, 11) is 0. The third-order valence-electron chi connectivity index (χ3n) is 3.48. The van der Waals surface area contributed by atoms with Crippen LogP contribution in [0.5, 0.6) is 0 Å². The smallest absolute Gasteiger partial charge is 0.141 e. The van der Waals surface area contributed by atoms with E-state index >= 15 is 0 Å². The lowest BCUT2D eigenvalue weighted by atomic mass is 9.89. The Balaban J connectivity index is 2.10. The standard InChI is InChI=1S/C15H16NO/c1-10-15(11(2)17-16-10)14-8-7-12-5-3-4-6-13(12)9-14/h6-9H,3-5H2,1-2H3. The zero-order valence-electron chi connectivity index (χ0n) is 10.3. The molecule has 0 saturated heterocycles. The summed E-state index contributed by atoms with van der Waals surface area (Å²) in [5.41, 5.74) is 6.18. The Morgan fingerprint density at radius 1 is 1.24 bits per heavy atom. The van der Waals surface area contributed by atoms with E-state index in [9.17, 15) is 0 Å². The van der Waals surface area contributed by atoms with Crippen LogP contribution in [0, 0.1) is 20.3 Å². The van der Waals surface area contributed by atoms with E-state index in [2.05, 4.69) is 29.8 Å². The van der Waals surface area contributed by atoms with Crippen LogP contribution in [0.1, 0.15) is 35.4 Å². The van der Waals surface area contributed by atoms with E-state index in [0.29, 0.717) is 0 Å². The molecule has 0 fully saturated rings. The summed E-state index contributed by atoms with van der Waals surface area (Å²) in [6.45, 7) is 3.97. The lowest BCUT2D eigenvalue weighted by Crippen LogP contribution is -2.00. The van der Waals surface area contributed by atoms with Gasteiger partial charge >= 0.3 is 0 Å². The zero-order chi connectivity index (χ0) is 11.8. The van der Waals surface area contributed by atoms with Gasteiger partial charge in [-0.2, -0.15) is 0 Å². The van der Waals surface area contributed by atoms with Crippen molar-refractivity contribution in [3.8, 4) is 11.1 Å². The Bertz CT molecular complexity index is 535. The quantitative estimate of drug-likeness (QED) is 0.738. The first-order chi connectivity index (χ1) is 8.25. The van der Waals surface area contributed by atoms with Crippen LogP contribution < -0.4 is 0 Å². The second kappa shape index (κ2) is 4.02. The second-order valence-electron chi connectivity index (χ2n) is 4.71. The number of aryl methyl sites for hydroxylation is 3. The van der Waals surface area contributed by atoms with Gasteiger partial charge < -0.3 is 4.52 Å². The highest BCUT2D eigenvalue weighted by Gasteiger charge is 2.15. The fourth-order valence-corrected chi connectivity index (χ4v) is 2.61. The fraction of sp³-hybridized carbons (Fsp3) is 0.333. The molecule has 1 aromatic carbocycles. The largest absolute Gasteiger partial charge is 0.361 e. The van der Waals surface area contributed by atoms with Gasteiger partial charge in [0.05, 0.1) is 5.69 Å². The number of hydrogen-bond acceptors (Lipinski definition) is 2. The number of benzene rings is 1. The van der Waals surface area contributed by atoms with Crippen molar-refractivity contribution in [2.75, 3.05) is 0 Å². The molecule has 0 aliphatic heterocycles. The molecule has 2 nitrogen and oxygen atoms in total. The molecule has 0 spiro atoms. The normalized spacial score (nSPS) is 14.7. The van der Waals surface area contributed by atoms with E-state index in [0.717, 1.165) is 17.0 Å². The Morgan fingerprint density at radius 3 is 2.88 bits per heavy atom. The second-order valence-corrected chi connectivity index (χ2v) is 4.71. The van der Waals surface area contributed by atoms with Crippen molar-refractivity contribution in [1.82, 2.24) is 5.16 Å². The maximum absolute atomic E-state index is 5.23. The van der Waals surface area contributed by atoms with E-state index in [1.165, 1.54) is 36.0 Å². The van der Waals surface area contributed by atoms with E-state index in [4.69, 9.17) is 4.52 Å². The summed E-state index contributed by atoms with van der Waals surface area (Å²) >= 11 is 0. The Labute approximate surface area is 102 Å². The molecule has 87 valence electrons. The van der Waals surface area contributed by atoms with Crippen LogP contribution in [0.2, 0.25) is 0 Å². The lowest BCUT2D eigenvalue weighted by molar-refractivity contribution is 0.393. The average molecular weight is 226 g/mol. The number of aromatic nitrogens is 1. The molecule has 0 atom stereocenters. The summed E-state index contributed by atoms with van der Waals surface area (Å²) < 4.78 is 5.23. The van der Waals surface area contributed by atoms with Crippen LogP contribution in [0.25, 0.3) is 11.1 Å². The number of hydrogen-bond donors (Lipinski definition) is 0. The molecule has 1 aliphatic rings. The first-order valence-corrected chi connectivity index (χ1v) is 6.15. The fourth-order valence-electron chi connectivity index (χ4n) is 2.61. The van der Waals surface area contributed by atoms with Gasteiger partial charge in [0, 0.05) is 5.56 Å².